The Morgan fingerprint density at radius 3 is 2.30 bits per heavy atom. The minimum atomic E-state index is -3.28. The molecule has 20 heavy (non-hydrogen) atoms. The molecule has 0 saturated heterocycles. The van der Waals surface area contributed by atoms with Gasteiger partial charge in [0.1, 0.15) is 0 Å². The van der Waals surface area contributed by atoms with Gasteiger partial charge in [-0.3, -0.25) is 4.79 Å². The molecule has 2 N–H and O–H groups in total. The van der Waals surface area contributed by atoms with Gasteiger partial charge in [0, 0.05) is 38.4 Å². The van der Waals surface area contributed by atoms with Crippen LogP contribution < -0.4 is 10.6 Å². The van der Waals surface area contributed by atoms with Crippen LogP contribution in [0.2, 0.25) is 0 Å². The maximum atomic E-state index is 11.8. The topological polar surface area (TPSA) is 78.5 Å². The summed E-state index contributed by atoms with van der Waals surface area (Å²) in [6, 6.07) is 7.03. The second kappa shape index (κ2) is 7.25. The molecule has 112 valence electrons. The number of sulfonamides is 1. The smallest absolute Gasteiger partial charge is 0.251 e. The van der Waals surface area contributed by atoms with Crippen LogP contribution in [-0.4, -0.2) is 51.6 Å². The Labute approximate surface area is 120 Å². The van der Waals surface area contributed by atoms with E-state index in [1.165, 1.54) is 14.1 Å². The molecular weight excluding hydrogens is 278 g/mol. The minimum absolute atomic E-state index is 0.0916. The van der Waals surface area contributed by atoms with Crippen molar-refractivity contribution in [3.8, 4) is 0 Å². The summed E-state index contributed by atoms with van der Waals surface area (Å²) in [6.07, 6.45) is 0. The third kappa shape index (κ3) is 4.82. The van der Waals surface area contributed by atoms with Gasteiger partial charge in [-0.05, 0) is 31.2 Å². The Hall–Kier alpha value is -1.60. The molecule has 1 aromatic carbocycles. The van der Waals surface area contributed by atoms with Gasteiger partial charge in [-0.1, -0.05) is 0 Å². The normalized spacial score (nSPS) is 11.4. The summed E-state index contributed by atoms with van der Waals surface area (Å²) in [4.78, 5) is 11.8. The quantitative estimate of drug-likeness (QED) is 0.778. The predicted octanol–water partition coefficient (Wildman–Crippen LogP) is 0.740. The Balaban J connectivity index is 2.51. The van der Waals surface area contributed by atoms with Crippen molar-refractivity contribution in [2.45, 2.75) is 6.92 Å². The Morgan fingerprint density at radius 1 is 1.20 bits per heavy atom. The summed E-state index contributed by atoms with van der Waals surface area (Å²) in [7, 11) is -0.344. The van der Waals surface area contributed by atoms with Crippen molar-refractivity contribution in [3.63, 3.8) is 0 Å². The number of carbonyl (C=O) groups is 1. The first kappa shape index (κ1) is 16.5. The van der Waals surface area contributed by atoms with E-state index in [1.54, 1.807) is 12.1 Å². The summed E-state index contributed by atoms with van der Waals surface area (Å²) in [5.41, 5.74) is 1.45. The van der Waals surface area contributed by atoms with Crippen LogP contribution in [0.5, 0.6) is 0 Å². The van der Waals surface area contributed by atoms with Gasteiger partial charge >= 0.3 is 0 Å². The fourth-order valence-corrected chi connectivity index (χ4v) is 2.25. The van der Waals surface area contributed by atoms with E-state index >= 15 is 0 Å². The maximum Gasteiger partial charge on any atom is 0.251 e. The fourth-order valence-electron chi connectivity index (χ4n) is 1.52. The summed E-state index contributed by atoms with van der Waals surface area (Å²) in [5, 5.41) is 5.73. The van der Waals surface area contributed by atoms with Gasteiger partial charge in [-0.2, -0.15) is 0 Å². The van der Waals surface area contributed by atoms with Gasteiger partial charge in [-0.25, -0.2) is 12.7 Å². The molecule has 0 radical (unpaired) electrons. The fraction of sp³-hybridized carbons (Fsp3) is 0.462. The number of nitrogens with zero attached hydrogens (tertiary/aromatic N) is 1. The molecule has 0 aliphatic rings. The number of amides is 1. The molecule has 0 fully saturated rings. The third-order valence-electron chi connectivity index (χ3n) is 2.73. The van der Waals surface area contributed by atoms with Crippen LogP contribution in [0.25, 0.3) is 0 Å². The largest absolute Gasteiger partial charge is 0.385 e. The van der Waals surface area contributed by atoms with E-state index in [9.17, 15) is 13.2 Å². The van der Waals surface area contributed by atoms with Crippen LogP contribution >= 0.6 is 0 Å². The lowest BCUT2D eigenvalue weighted by atomic mass is 10.2. The first-order chi connectivity index (χ1) is 9.36. The molecule has 0 heterocycles. The maximum absolute atomic E-state index is 11.8. The third-order valence-corrected chi connectivity index (χ3v) is 4.56. The van der Waals surface area contributed by atoms with E-state index < -0.39 is 10.0 Å². The Morgan fingerprint density at radius 2 is 1.80 bits per heavy atom. The number of rotatable bonds is 7. The first-order valence-corrected chi connectivity index (χ1v) is 8.00. The van der Waals surface area contributed by atoms with Crippen LogP contribution in [0.1, 0.15) is 17.3 Å². The van der Waals surface area contributed by atoms with Gasteiger partial charge in [0.25, 0.3) is 5.91 Å². The van der Waals surface area contributed by atoms with Crippen molar-refractivity contribution in [2.24, 2.45) is 0 Å². The number of carbonyl (C=O) groups excluding carboxylic acids is 1. The molecule has 0 aliphatic carbocycles. The SMILES string of the molecule is CCNc1ccc(C(=O)NCCS(=O)(=O)N(C)C)cc1. The summed E-state index contributed by atoms with van der Waals surface area (Å²) >= 11 is 0. The monoisotopic (exact) mass is 299 g/mol. The van der Waals surface area contributed by atoms with E-state index in [-0.39, 0.29) is 18.2 Å². The van der Waals surface area contributed by atoms with E-state index in [1.807, 2.05) is 19.1 Å². The van der Waals surface area contributed by atoms with Crippen LogP contribution in [-0.2, 0) is 10.0 Å². The van der Waals surface area contributed by atoms with Crippen molar-refractivity contribution < 1.29 is 13.2 Å². The Bertz CT molecular complexity index is 538. The van der Waals surface area contributed by atoms with Gasteiger partial charge in [-0.15, -0.1) is 0 Å². The second-order valence-corrected chi connectivity index (χ2v) is 6.76. The highest BCUT2D eigenvalue weighted by atomic mass is 32.2. The van der Waals surface area contributed by atoms with Gasteiger partial charge in [0.05, 0.1) is 5.75 Å². The van der Waals surface area contributed by atoms with Crippen LogP contribution in [0.3, 0.4) is 0 Å². The van der Waals surface area contributed by atoms with Crippen LogP contribution in [0.15, 0.2) is 24.3 Å². The number of hydrogen-bond acceptors (Lipinski definition) is 4. The van der Waals surface area contributed by atoms with Crippen molar-refractivity contribution in [2.75, 3.05) is 38.3 Å². The van der Waals surface area contributed by atoms with Gasteiger partial charge < -0.3 is 10.6 Å². The lowest BCUT2D eigenvalue weighted by Gasteiger charge is -2.11. The second-order valence-electron chi connectivity index (χ2n) is 4.46. The molecule has 0 spiro atoms. The van der Waals surface area contributed by atoms with Crippen LogP contribution in [0, 0.1) is 0 Å². The molecular formula is C13H21N3O3S. The van der Waals surface area contributed by atoms with Crippen molar-refractivity contribution in [1.29, 1.82) is 0 Å². The lowest BCUT2D eigenvalue weighted by molar-refractivity contribution is 0.0956. The molecule has 1 rings (SSSR count). The molecule has 0 bridgehead atoms. The number of anilines is 1. The van der Waals surface area contributed by atoms with Crippen LogP contribution in [0.4, 0.5) is 5.69 Å². The molecule has 0 unspecified atom stereocenters. The van der Waals surface area contributed by atoms with E-state index in [0.717, 1.165) is 16.5 Å². The molecule has 7 heteroatoms. The molecule has 0 aromatic heterocycles. The van der Waals surface area contributed by atoms with Crippen molar-refractivity contribution in [1.82, 2.24) is 9.62 Å². The number of nitrogens with one attached hydrogen (secondary N) is 2. The predicted molar refractivity (Wildman–Crippen MR) is 80.4 cm³/mol. The number of benzene rings is 1. The summed E-state index contributed by atoms with van der Waals surface area (Å²) in [6.45, 7) is 2.90. The minimum Gasteiger partial charge on any atom is -0.385 e. The van der Waals surface area contributed by atoms with E-state index in [0.29, 0.717) is 5.56 Å². The first-order valence-electron chi connectivity index (χ1n) is 6.39. The molecule has 6 nitrogen and oxygen atoms in total. The highest BCUT2D eigenvalue weighted by Crippen LogP contribution is 2.09. The average Bonchev–Trinajstić information content (AvgIpc) is 2.39. The summed E-state index contributed by atoms with van der Waals surface area (Å²) < 4.78 is 24.2. The highest BCUT2D eigenvalue weighted by Gasteiger charge is 2.14. The van der Waals surface area contributed by atoms with E-state index in [2.05, 4.69) is 10.6 Å². The molecule has 0 saturated carbocycles. The van der Waals surface area contributed by atoms with Gasteiger partial charge in [0.15, 0.2) is 0 Å². The number of hydrogen-bond donors (Lipinski definition) is 2. The molecule has 1 aromatic rings. The van der Waals surface area contributed by atoms with Crippen molar-refractivity contribution >= 4 is 21.6 Å². The summed E-state index contributed by atoms with van der Waals surface area (Å²) in [5.74, 6) is -0.386. The zero-order valence-corrected chi connectivity index (χ0v) is 12.8. The standard InChI is InChI=1S/C13H21N3O3S/c1-4-14-12-7-5-11(6-8-12)13(17)15-9-10-20(18,19)16(2)3/h5-8,14H,4,9-10H2,1-3H3,(H,15,17). The average molecular weight is 299 g/mol. The molecule has 1 amide bonds. The van der Waals surface area contributed by atoms with E-state index in [4.69, 9.17) is 0 Å². The molecule has 0 aliphatic heterocycles. The zero-order valence-electron chi connectivity index (χ0n) is 12.0. The van der Waals surface area contributed by atoms with Crippen molar-refractivity contribution in [3.05, 3.63) is 29.8 Å². The Kier molecular flexibility index (Phi) is 5.97. The zero-order chi connectivity index (χ0) is 15.2. The molecule has 0 atom stereocenters. The highest BCUT2D eigenvalue weighted by molar-refractivity contribution is 7.89. The lowest BCUT2D eigenvalue weighted by Crippen LogP contribution is -2.33. The van der Waals surface area contributed by atoms with Gasteiger partial charge in [0.2, 0.25) is 10.0 Å².